The molecule has 0 spiro atoms. The van der Waals surface area contributed by atoms with Gasteiger partial charge in [0.05, 0.1) is 23.6 Å². The Morgan fingerprint density at radius 1 is 1.13 bits per heavy atom. The summed E-state index contributed by atoms with van der Waals surface area (Å²) in [6.07, 6.45) is 0.0370. The van der Waals surface area contributed by atoms with Crippen LogP contribution in [-0.2, 0) is 16.1 Å². The first-order chi connectivity index (χ1) is 14.8. The van der Waals surface area contributed by atoms with E-state index in [0.717, 1.165) is 10.5 Å². The SMILES string of the molecule is Cc1ccc(C(=O)NCc2cccc3c2C(=O)N(C2CCC(=O)CC2=O)C3=O)cc1Cl. The summed E-state index contributed by atoms with van der Waals surface area (Å²) in [6.45, 7) is 1.86. The highest BCUT2D eigenvalue weighted by atomic mass is 35.5. The average molecular weight is 439 g/mol. The molecule has 31 heavy (non-hydrogen) atoms. The first-order valence-electron chi connectivity index (χ1n) is 9.86. The standard InChI is InChI=1S/C23H19ClN2O5/c1-12-5-6-13(9-17(12)24)21(29)25-11-14-3-2-4-16-20(14)23(31)26(22(16)30)18-8-7-15(27)10-19(18)28/h2-6,9,18H,7-8,10-11H2,1H3,(H,25,29). The normalized spacial score (nSPS) is 18.4. The predicted octanol–water partition coefficient (Wildman–Crippen LogP) is 2.87. The van der Waals surface area contributed by atoms with Gasteiger partial charge in [-0.05, 0) is 42.7 Å². The summed E-state index contributed by atoms with van der Waals surface area (Å²) in [6, 6.07) is 8.84. The molecule has 2 aromatic rings. The molecule has 1 N–H and O–H groups in total. The number of imide groups is 1. The van der Waals surface area contributed by atoms with Crippen molar-refractivity contribution in [2.24, 2.45) is 0 Å². The van der Waals surface area contributed by atoms with E-state index >= 15 is 0 Å². The molecule has 1 fully saturated rings. The summed E-state index contributed by atoms with van der Waals surface area (Å²) in [4.78, 5) is 63.3. The van der Waals surface area contributed by atoms with Crippen molar-refractivity contribution in [1.29, 1.82) is 0 Å². The van der Waals surface area contributed by atoms with Crippen LogP contribution < -0.4 is 5.32 Å². The molecule has 4 rings (SSSR count). The molecule has 0 bridgehead atoms. The number of nitrogens with zero attached hydrogens (tertiary/aromatic N) is 1. The molecule has 8 heteroatoms. The highest BCUT2D eigenvalue weighted by Gasteiger charge is 2.45. The van der Waals surface area contributed by atoms with E-state index in [2.05, 4.69) is 5.32 Å². The van der Waals surface area contributed by atoms with Gasteiger partial charge >= 0.3 is 0 Å². The number of nitrogens with one attached hydrogen (secondary N) is 1. The van der Waals surface area contributed by atoms with Crippen molar-refractivity contribution in [1.82, 2.24) is 10.2 Å². The number of rotatable bonds is 4. The maximum atomic E-state index is 13.1. The molecule has 2 aromatic carbocycles. The van der Waals surface area contributed by atoms with E-state index in [1.165, 1.54) is 6.07 Å². The molecule has 1 heterocycles. The number of halogens is 1. The minimum Gasteiger partial charge on any atom is -0.348 e. The summed E-state index contributed by atoms with van der Waals surface area (Å²) < 4.78 is 0. The fraction of sp³-hybridized carbons (Fsp3) is 0.261. The lowest BCUT2D eigenvalue weighted by Crippen LogP contribution is -2.47. The van der Waals surface area contributed by atoms with Crippen LogP contribution in [0, 0.1) is 6.92 Å². The fourth-order valence-corrected chi connectivity index (χ4v) is 4.13. The number of hydrogen-bond donors (Lipinski definition) is 1. The molecule has 1 aliphatic heterocycles. The number of fused-ring (bicyclic) bond motifs is 1. The molecular weight excluding hydrogens is 420 g/mol. The van der Waals surface area contributed by atoms with E-state index in [-0.39, 0.29) is 48.6 Å². The van der Waals surface area contributed by atoms with E-state index in [1.807, 2.05) is 6.92 Å². The van der Waals surface area contributed by atoms with Crippen LogP contribution in [-0.4, -0.2) is 40.2 Å². The Labute approximate surface area is 183 Å². The number of ketones is 2. The van der Waals surface area contributed by atoms with Gasteiger partial charge in [-0.1, -0.05) is 29.8 Å². The van der Waals surface area contributed by atoms with Crippen LogP contribution in [0.5, 0.6) is 0 Å². The number of amides is 3. The van der Waals surface area contributed by atoms with Crippen LogP contribution in [0.3, 0.4) is 0 Å². The van der Waals surface area contributed by atoms with E-state index < -0.39 is 23.6 Å². The summed E-state index contributed by atoms with van der Waals surface area (Å²) in [5, 5.41) is 3.22. The van der Waals surface area contributed by atoms with E-state index in [1.54, 1.807) is 30.3 Å². The van der Waals surface area contributed by atoms with Crippen molar-refractivity contribution in [2.75, 3.05) is 0 Å². The Morgan fingerprint density at radius 2 is 1.90 bits per heavy atom. The molecule has 1 saturated carbocycles. The van der Waals surface area contributed by atoms with Gasteiger partial charge < -0.3 is 5.32 Å². The molecule has 0 saturated heterocycles. The summed E-state index contributed by atoms with van der Waals surface area (Å²) in [7, 11) is 0. The topological polar surface area (TPSA) is 101 Å². The number of benzene rings is 2. The lowest BCUT2D eigenvalue weighted by atomic mass is 9.92. The highest BCUT2D eigenvalue weighted by Crippen LogP contribution is 2.31. The first kappa shape index (κ1) is 20.9. The Balaban J connectivity index is 1.56. The quantitative estimate of drug-likeness (QED) is 0.584. The molecule has 0 aromatic heterocycles. The third-order valence-electron chi connectivity index (χ3n) is 5.66. The van der Waals surface area contributed by atoms with Crippen molar-refractivity contribution in [3.63, 3.8) is 0 Å². The number of carbonyl (C=O) groups is 5. The zero-order chi connectivity index (χ0) is 22.3. The maximum Gasteiger partial charge on any atom is 0.262 e. The van der Waals surface area contributed by atoms with Gasteiger partial charge in [-0.15, -0.1) is 0 Å². The van der Waals surface area contributed by atoms with Crippen molar-refractivity contribution in [3.05, 3.63) is 69.2 Å². The van der Waals surface area contributed by atoms with Gasteiger partial charge in [-0.3, -0.25) is 28.9 Å². The van der Waals surface area contributed by atoms with E-state index in [9.17, 15) is 24.0 Å². The van der Waals surface area contributed by atoms with Crippen molar-refractivity contribution < 1.29 is 24.0 Å². The Hall–Kier alpha value is -3.32. The zero-order valence-corrected chi connectivity index (χ0v) is 17.5. The van der Waals surface area contributed by atoms with E-state index in [0.29, 0.717) is 16.1 Å². The zero-order valence-electron chi connectivity index (χ0n) is 16.7. The van der Waals surface area contributed by atoms with Crippen LogP contribution in [0.25, 0.3) is 0 Å². The molecule has 158 valence electrons. The molecule has 1 unspecified atom stereocenters. The Bertz CT molecular complexity index is 1160. The van der Waals surface area contributed by atoms with Gasteiger partial charge in [0.25, 0.3) is 17.7 Å². The van der Waals surface area contributed by atoms with Crippen molar-refractivity contribution in [2.45, 2.75) is 38.8 Å². The molecular formula is C23H19ClN2O5. The Kier molecular flexibility index (Phi) is 5.45. The minimum absolute atomic E-state index is 0.0253. The van der Waals surface area contributed by atoms with Crippen molar-refractivity contribution in [3.8, 4) is 0 Å². The second-order valence-corrected chi connectivity index (χ2v) is 8.11. The van der Waals surface area contributed by atoms with Crippen LogP contribution in [0.1, 0.15) is 61.5 Å². The Morgan fingerprint density at radius 3 is 2.61 bits per heavy atom. The molecule has 0 radical (unpaired) electrons. The summed E-state index contributed by atoms with van der Waals surface area (Å²) in [5.41, 5.74) is 2.08. The van der Waals surface area contributed by atoms with Gasteiger partial charge in [0.1, 0.15) is 5.78 Å². The van der Waals surface area contributed by atoms with Crippen LogP contribution >= 0.6 is 11.6 Å². The smallest absolute Gasteiger partial charge is 0.262 e. The highest BCUT2D eigenvalue weighted by molar-refractivity contribution is 6.31. The summed E-state index contributed by atoms with van der Waals surface area (Å²) >= 11 is 6.08. The maximum absolute atomic E-state index is 13.1. The van der Waals surface area contributed by atoms with Gasteiger partial charge in [0.2, 0.25) is 0 Å². The molecule has 1 atom stereocenters. The van der Waals surface area contributed by atoms with Crippen LogP contribution in [0.4, 0.5) is 0 Å². The molecule has 1 aliphatic carbocycles. The molecule has 3 amide bonds. The second-order valence-electron chi connectivity index (χ2n) is 7.70. The van der Waals surface area contributed by atoms with Gasteiger partial charge in [-0.2, -0.15) is 0 Å². The lowest BCUT2D eigenvalue weighted by molar-refractivity contribution is -0.132. The average Bonchev–Trinajstić information content (AvgIpc) is 2.99. The summed E-state index contributed by atoms with van der Waals surface area (Å²) in [5.74, 6) is -2.09. The number of carbonyl (C=O) groups excluding carboxylic acids is 5. The van der Waals surface area contributed by atoms with Gasteiger partial charge in [-0.25, -0.2) is 0 Å². The third kappa shape index (κ3) is 3.77. The fourth-order valence-electron chi connectivity index (χ4n) is 3.95. The number of aryl methyl sites for hydroxylation is 1. The van der Waals surface area contributed by atoms with Crippen LogP contribution in [0.15, 0.2) is 36.4 Å². The van der Waals surface area contributed by atoms with Gasteiger partial charge in [0, 0.05) is 23.6 Å². The molecule has 2 aliphatic rings. The third-order valence-corrected chi connectivity index (χ3v) is 6.06. The largest absolute Gasteiger partial charge is 0.348 e. The predicted molar refractivity (Wildman–Crippen MR) is 112 cm³/mol. The first-order valence-corrected chi connectivity index (χ1v) is 10.2. The van der Waals surface area contributed by atoms with E-state index in [4.69, 9.17) is 11.6 Å². The number of hydrogen-bond acceptors (Lipinski definition) is 5. The lowest BCUT2D eigenvalue weighted by Gasteiger charge is -2.27. The molecule has 7 nitrogen and oxygen atoms in total. The van der Waals surface area contributed by atoms with Gasteiger partial charge in [0.15, 0.2) is 5.78 Å². The van der Waals surface area contributed by atoms with Crippen LogP contribution in [0.2, 0.25) is 5.02 Å². The monoisotopic (exact) mass is 438 g/mol. The minimum atomic E-state index is -0.928. The second kappa shape index (κ2) is 8.07. The van der Waals surface area contributed by atoms with Crippen molar-refractivity contribution >= 4 is 40.9 Å². The number of Topliss-reactive ketones (excluding diaryl/α,β-unsaturated/α-hetero) is 2.